The molecule has 19 heavy (non-hydrogen) atoms. The maximum Gasteiger partial charge on any atom is 0.153 e. The van der Waals surface area contributed by atoms with Gasteiger partial charge in [-0.25, -0.2) is 0 Å². The molecule has 0 aromatic heterocycles. The minimum Gasteiger partial charge on any atom is -0.507 e. The highest BCUT2D eigenvalue weighted by Gasteiger charge is 2.24. The molecule has 1 aromatic carbocycles. The largest absolute Gasteiger partial charge is 0.507 e. The van der Waals surface area contributed by atoms with Crippen molar-refractivity contribution >= 4 is 12.0 Å². The number of benzene rings is 1. The third-order valence-corrected chi connectivity index (χ3v) is 3.60. The van der Waals surface area contributed by atoms with Crippen LogP contribution in [0.25, 0.3) is 0 Å². The lowest BCUT2D eigenvalue weighted by Gasteiger charge is -2.26. The zero-order chi connectivity index (χ0) is 14.2. The second-order valence-corrected chi connectivity index (χ2v) is 6.12. The van der Waals surface area contributed by atoms with Crippen LogP contribution in [0.3, 0.4) is 0 Å². The van der Waals surface area contributed by atoms with Gasteiger partial charge in [-0.05, 0) is 30.4 Å². The molecule has 2 rings (SSSR count). The summed E-state index contributed by atoms with van der Waals surface area (Å²) in [6.07, 6.45) is 2.79. The van der Waals surface area contributed by atoms with E-state index in [1.165, 1.54) is 0 Å². The molecule has 3 nitrogen and oxygen atoms in total. The maximum absolute atomic E-state index is 11.2. The van der Waals surface area contributed by atoms with Crippen molar-refractivity contribution in [1.82, 2.24) is 0 Å². The fourth-order valence-electron chi connectivity index (χ4n) is 2.50. The molecule has 0 aliphatic carbocycles. The number of allylic oxidation sites excluding steroid dienone is 1. The summed E-state index contributed by atoms with van der Waals surface area (Å²) < 4.78 is 0. The van der Waals surface area contributed by atoms with Crippen molar-refractivity contribution in [2.24, 2.45) is 0 Å². The number of aldehydes is 1. The quantitative estimate of drug-likeness (QED) is 0.825. The lowest BCUT2D eigenvalue weighted by atomic mass is 9.84. The molecule has 3 heteroatoms. The molecule has 0 radical (unpaired) electrons. The first-order valence-corrected chi connectivity index (χ1v) is 6.62. The molecule has 0 atom stereocenters. The van der Waals surface area contributed by atoms with Crippen LogP contribution < -0.4 is 4.90 Å². The van der Waals surface area contributed by atoms with E-state index in [0.717, 1.165) is 36.3 Å². The average molecular weight is 259 g/mol. The van der Waals surface area contributed by atoms with Gasteiger partial charge in [0.15, 0.2) is 6.29 Å². The summed E-state index contributed by atoms with van der Waals surface area (Å²) >= 11 is 0. The monoisotopic (exact) mass is 259 g/mol. The lowest BCUT2D eigenvalue weighted by Crippen LogP contribution is -2.18. The van der Waals surface area contributed by atoms with Crippen LogP contribution in [0.5, 0.6) is 5.75 Å². The number of hydrogen-bond acceptors (Lipinski definition) is 3. The minimum absolute atomic E-state index is 0.0936. The number of anilines is 1. The highest BCUT2D eigenvalue weighted by Crippen LogP contribution is 2.38. The number of rotatable bonds is 2. The fourth-order valence-corrected chi connectivity index (χ4v) is 2.50. The van der Waals surface area contributed by atoms with Crippen LogP contribution in [0.2, 0.25) is 0 Å². The van der Waals surface area contributed by atoms with Crippen LogP contribution >= 0.6 is 0 Å². The molecule has 1 N–H and O–H groups in total. The summed E-state index contributed by atoms with van der Waals surface area (Å²) in [5, 5.41) is 10.2. The Morgan fingerprint density at radius 2 is 2.05 bits per heavy atom. The first kappa shape index (κ1) is 13.7. The van der Waals surface area contributed by atoms with Crippen molar-refractivity contribution in [2.45, 2.75) is 39.0 Å². The van der Waals surface area contributed by atoms with Crippen LogP contribution in [0.4, 0.5) is 5.69 Å². The number of aromatic hydroxyl groups is 1. The van der Waals surface area contributed by atoms with Gasteiger partial charge in [0.1, 0.15) is 5.75 Å². The summed E-state index contributed by atoms with van der Waals surface area (Å²) in [5.74, 6) is 0.0936. The van der Waals surface area contributed by atoms with Crippen LogP contribution in [-0.4, -0.2) is 17.9 Å². The van der Waals surface area contributed by atoms with E-state index >= 15 is 0 Å². The molecule has 1 aliphatic rings. The van der Waals surface area contributed by atoms with E-state index in [4.69, 9.17) is 0 Å². The maximum atomic E-state index is 11.2. The molecule has 1 saturated heterocycles. The topological polar surface area (TPSA) is 40.5 Å². The van der Waals surface area contributed by atoms with Crippen molar-refractivity contribution in [3.05, 3.63) is 35.5 Å². The average Bonchev–Trinajstić information content (AvgIpc) is 2.74. The van der Waals surface area contributed by atoms with Gasteiger partial charge in [-0.15, -0.1) is 0 Å². The van der Waals surface area contributed by atoms with Gasteiger partial charge in [0, 0.05) is 23.5 Å². The zero-order valence-electron chi connectivity index (χ0n) is 11.9. The first-order chi connectivity index (χ1) is 8.84. The molecular formula is C16H21NO2. The van der Waals surface area contributed by atoms with Crippen molar-refractivity contribution in [1.29, 1.82) is 0 Å². The summed E-state index contributed by atoms with van der Waals surface area (Å²) in [7, 11) is 0. The van der Waals surface area contributed by atoms with Crippen LogP contribution in [0.1, 0.15) is 49.5 Å². The predicted molar refractivity (Wildman–Crippen MR) is 77.9 cm³/mol. The number of phenols is 1. The fraction of sp³-hybridized carbons (Fsp3) is 0.438. The number of hydrogen-bond donors (Lipinski definition) is 1. The normalized spacial score (nSPS) is 15.9. The van der Waals surface area contributed by atoms with E-state index in [1.54, 1.807) is 6.07 Å². The Labute approximate surface area is 114 Å². The van der Waals surface area contributed by atoms with Gasteiger partial charge in [-0.2, -0.15) is 0 Å². The smallest absolute Gasteiger partial charge is 0.153 e. The van der Waals surface area contributed by atoms with E-state index in [1.807, 2.05) is 26.8 Å². The Hall–Kier alpha value is -1.77. The molecule has 0 amide bonds. The minimum atomic E-state index is -0.209. The Kier molecular flexibility index (Phi) is 3.40. The van der Waals surface area contributed by atoms with Crippen molar-refractivity contribution < 1.29 is 9.90 Å². The third kappa shape index (κ3) is 2.50. The highest BCUT2D eigenvalue weighted by atomic mass is 16.3. The zero-order valence-corrected chi connectivity index (χ0v) is 11.9. The summed E-state index contributed by atoms with van der Waals surface area (Å²) in [6, 6.07) is 3.72. The molecule has 1 aromatic rings. The summed E-state index contributed by atoms with van der Waals surface area (Å²) in [4.78, 5) is 13.3. The van der Waals surface area contributed by atoms with Gasteiger partial charge in [-0.1, -0.05) is 27.4 Å². The van der Waals surface area contributed by atoms with Crippen LogP contribution in [0, 0.1) is 0 Å². The van der Waals surface area contributed by atoms with Crippen LogP contribution in [0.15, 0.2) is 24.4 Å². The number of phenolic OH excluding ortho intramolecular Hbond substituents is 1. The summed E-state index contributed by atoms with van der Waals surface area (Å²) in [6.45, 7) is 11.1. The second kappa shape index (κ2) is 4.72. The molecule has 0 unspecified atom stereocenters. The third-order valence-electron chi connectivity index (χ3n) is 3.60. The van der Waals surface area contributed by atoms with Crippen LogP contribution in [-0.2, 0) is 5.41 Å². The van der Waals surface area contributed by atoms with Gasteiger partial charge in [-0.3, -0.25) is 4.79 Å². The Balaban J connectivity index is 2.57. The lowest BCUT2D eigenvalue weighted by molar-refractivity contribution is 0.112. The van der Waals surface area contributed by atoms with Crippen molar-refractivity contribution in [3.63, 3.8) is 0 Å². The van der Waals surface area contributed by atoms with Gasteiger partial charge in [0.05, 0.1) is 5.56 Å². The molecule has 1 aliphatic heterocycles. The molecule has 0 spiro atoms. The molecule has 0 bridgehead atoms. The molecule has 0 saturated carbocycles. The predicted octanol–water partition coefficient (Wildman–Crippen LogP) is 3.62. The standard InChI is InChI=1S/C16H21NO2/c1-11-6-5-7-17(11)13-8-12(10-18)15(19)14(9-13)16(2,3)4/h8-10,19H,1,5-7H2,2-4H3. The van der Waals surface area contributed by atoms with E-state index in [9.17, 15) is 9.90 Å². The SMILES string of the molecule is C=C1CCCN1c1cc(C=O)c(O)c(C(C)(C)C)c1. The van der Waals surface area contributed by atoms with E-state index in [-0.39, 0.29) is 11.2 Å². The second-order valence-electron chi connectivity index (χ2n) is 6.12. The summed E-state index contributed by atoms with van der Waals surface area (Å²) in [5.41, 5.74) is 2.96. The molecule has 102 valence electrons. The number of carbonyl (C=O) groups is 1. The Morgan fingerprint density at radius 1 is 1.37 bits per heavy atom. The van der Waals surface area contributed by atoms with Gasteiger partial charge < -0.3 is 10.0 Å². The van der Waals surface area contributed by atoms with Crippen molar-refractivity contribution in [3.8, 4) is 5.75 Å². The highest BCUT2D eigenvalue weighted by molar-refractivity contribution is 5.83. The van der Waals surface area contributed by atoms with Gasteiger partial charge >= 0.3 is 0 Å². The number of carbonyl (C=O) groups excluding carboxylic acids is 1. The number of nitrogens with zero attached hydrogens (tertiary/aromatic N) is 1. The van der Waals surface area contributed by atoms with E-state index < -0.39 is 0 Å². The molecule has 1 fully saturated rings. The van der Waals surface area contributed by atoms with Gasteiger partial charge in [0.25, 0.3) is 0 Å². The van der Waals surface area contributed by atoms with E-state index in [2.05, 4.69) is 11.5 Å². The first-order valence-electron chi connectivity index (χ1n) is 6.62. The van der Waals surface area contributed by atoms with Crippen molar-refractivity contribution in [2.75, 3.05) is 11.4 Å². The van der Waals surface area contributed by atoms with Gasteiger partial charge in [0.2, 0.25) is 0 Å². The molecule has 1 heterocycles. The molecular weight excluding hydrogens is 238 g/mol. The van der Waals surface area contributed by atoms with E-state index in [0.29, 0.717) is 11.8 Å². The Bertz CT molecular complexity index is 526. The Morgan fingerprint density at radius 3 is 2.53 bits per heavy atom.